The van der Waals surface area contributed by atoms with Crippen LogP contribution in [0.4, 0.5) is 0 Å². The molecule has 0 bridgehead atoms. The average Bonchev–Trinajstić information content (AvgIpc) is 2.31. The van der Waals surface area contributed by atoms with Gasteiger partial charge in [-0.3, -0.25) is 0 Å². The number of rotatable bonds is 3. The highest BCUT2D eigenvalue weighted by Crippen LogP contribution is 2.20. The zero-order valence-electron chi connectivity index (χ0n) is 10.1. The molecule has 0 saturated heterocycles. The Morgan fingerprint density at radius 2 is 1.60 bits per heavy atom. The van der Waals surface area contributed by atoms with E-state index in [1.54, 1.807) is 19.5 Å². The fourth-order valence-corrected chi connectivity index (χ4v) is 0.965. The molecule has 1 unspecified atom stereocenters. The molecule has 1 atom stereocenters. The van der Waals surface area contributed by atoms with Gasteiger partial charge in [-0.2, -0.15) is 0 Å². The highest BCUT2D eigenvalue weighted by molar-refractivity contribution is 5.13. The Labute approximate surface area is 91.3 Å². The Hall–Kier alpha value is -1.16. The summed E-state index contributed by atoms with van der Waals surface area (Å²) >= 11 is 0. The van der Waals surface area contributed by atoms with Gasteiger partial charge >= 0.3 is 0 Å². The summed E-state index contributed by atoms with van der Waals surface area (Å²) in [5, 5.41) is 7.00. The van der Waals surface area contributed by atoms with Crippen LogP contribution in [0.1, 0.15) is 32.5 Å². The van der Waals surface area contributed by atoms with Crippen LogP contribution >= 0.6 is 0 Å². The van der Waals surface area contributed by atoms with E-state index >= 15 is 0 Å². The molecule has 1 heterocycles. The van der Waals surface area contributed by atoms with Gasteiger partial charge < -0.3 is 9.84 Å². The topological polar surface area (TPSA) is 55.2 Å². The van der Waals surface area contributed by atoms with Gasteiger partial charge in [0.25, 0.3) is 0 Å². The number of hydrogen-bond donors (Lipinski definition) is 1. The molecule has 15 heavy (non-hydrogen) atoms. The predicted molar refractivity (Wildman–Crippen MR) is 60.0 cm³/mol. The molecule has 1 rings (SSSR count). The third-order valence-electron chi connectivity index (χ3n) is 2.29. The molecule has 0 aliphatic heterocycles. The van der Waals surface area contributed by atoms with E-state index in [4.69, 9.17) is 9.84 Å². The largest absolute Gasteiger partial charge is 0.494 e. The van der Waals surface area contributed by atoms with Crippen LogP contribution in [0.5, 0.6) is 5.75 Å². The molecule has 4 heteroatoms. The lowest BCUT2D eigenvalue weighted by Gasteiger charge is -2.13. The van der Waals surface area contributed by atoms with Crippen molar-refractivity contribution >= 4 is 0 Å². The van der Waals surface area contributed by atoms with Gasteiger partial charge in [0.2, 0.25) is 0 Å². The summed E-state index contributed by atoms with van der Waals surface area (Å²) in [5.74, 6) is 2.55. The van der Waals surface area contributed by atoms with Gasteiger partial charge in [-0.05, 0) is 5.92 Å². The number of methoxy groups -OCH3 is 1. The summed E-state index contributed by atoms with van der Waals surface area (Å²) < 4.78 is 4.98. The van der Waals surface area contributed by atoms with Crippen LogP contribution < -0.4 is 4.74 Å². The summed E-state index contributed by atoms with van der Waals surface area (Å²) in [5.41, 5.74) is 0. The SMILES string of the molecule is CO.COc1cnc(C(C)C(C)C)nc1. The van der Waals surface area contributed by atoms with Crippen molar-refractivity contribution in [1.29, 1.82) is 0 Å². The summed E-state index contributed by atoms with van der Waals surface area (Å²) in [6.07, 6.45) is 3.42. The molecule has 86 valence electrons. The zero-order valence-corrected chi connectivity index (χ0v) is 10.1. The Morgan fingerprint density at radius 1 is 1.13 bits per heavy atom. The van der Waals surface area contributed by atoms with Gasteiger partial charge in [0, 0.05) is 13.0 Å². The molecule has 0 aliphatic carbocycles. The molecular formula is C11H20N2O2. The maximum atomic E-state index is 7.00. The molecule has 0 fully saturated rings. The lowest BCUT2D eigenvalue weighted by atomic mass is 9.97. The van der Waals surface area contributed by atoms with Crippen LogP contribution in [0.2, 0.25) is 0 Å². The van der Waals surface area contributed by atoms with E-state index in [1.165, 1.54) is 0 Å². The lowest BCUT2D eigenvalue weighted by molar-refractivity contribution is 0.399. The standard InChI is InChI=1S/C10H16N2O.CH4O/c1-7(2)8(3)10-11-5-9(13-4)6-12-10;1-2/h5-8H,1-4H3;2H,1H3. The van der Waals surface area contributed by atoms with Crippen molar-refractivity contribution in [2.45, 2.75) is 26.7 Å². The van der Waals surface area contributed by atoms with Gasteiger partial charge in [0.1, 0.15) is 5.82 Å². The fourth-order valence-electron chi connectivity index (χ4n) is 0.965. The maximum Gasteiger partial charge on any atom is 0.155 e. The number of aliphatic hydroxyl groups excluding tert-OH is 1. The van der Waals surface area contributed by atoms with Gasteiger partial charge in [-0.15, -0.1) is 0 Å². The first kappa shape index (κ1) is 13.8. The second-order valence-corrected chi connectivity index (χ2v) is 3.51. The van der Waals surface area contributed by atoms with E-state index < -0.39 is 0 Å². The van der Waals surface area contributed by atoms with Crippen LogP contribution in [-0.2, 0) is 0 Å². The first-order chi connectivity index (χ1) is 7.15. The molecule has 1 aromatic heterocycles. The van der Waals surface area contributed by atoms with E-state index in [1.807, 2.05) is 0 Å². The summed E-state index contributed by atoms with van der Waals surface area (Å²) in [6.45, 7) is 6.46. The first-order valence-corrected chi connectivity index (χ1v) is 4.95. The van der Waals surface area contributed by atoms with E-state index in [-0.39, 0.29) is 0 Å². The molecule has 0 saturated carbocycles. The van der Waals surface area contributed by atoms with Crippen molar-refractivity contribution in [3.05, 3.63) is 18.2 Å². The lowest BCUT2D eigenvalue weighted by Crippen LogP contribution is -2.06. The quantitative estimate of drug-likeness (QED) is 0.830. The number of nitrogens with zero attached hydrogens (tertiary/aromatic N) is 2. The third kappa shape index (κ3) is 4.25. The second-order valence-electron chi connectivity index (χ2n) is 3.51. The Morgan fingerprint density at radius 3 is 1.93 bits per heavy atom. The number of aromatic nitrogens is 2. The van der Waals surface area contributed by atoms with Crippen molar-refractivity contribution in [1.82, 2.24) is 9.97 Å². The van der Waals surface area contributed by atoms with Gasteiger partial charge in [-0.25, -0.2) is 9.97 Å². The Bertz CT molecular complexity index is 260. The smallest absolute Gasteiger partial charge is 0.155 e. The van der Waals surface area contributed by atoms with Crippen LogP contribution in [0.25, 0.3) is 0 Å². The van der Waals surface area contributed by atoms with E-state index in [9.17, 15) is 0 Å². The van der Waals surface area contributed by atoms with Crippen molar-refractivity contribution in [2.75, 3.05) is 14.2 Å². The molecule has 0 aliphatic rings. The first-order valence-electron chi connectivity index (χ1n) is 4.95. The summed E-state index contributed by atoms with van der Waals surface area (Å²) in [4.78, 5) is 8.47. The molecule has 0 radical (unpaired) electrons. The average molecular weight is 212 g/mol. The molecule has 0 aromatic carbocycles. The predicted octanol–water partition coefficient (Wildman–Crippen LogP) is 1.85. The number of ether oxygens (including phenoxy) is 1. The van der Waals surface area contributed by atoms with Gasteiger partial charge in [0.05, 0.1) is 19.5 Å². The maximum absolute atomic E-state index is 7.00. The van der Waals surface area contributed by atoms with Crippen molar-refractivity contribution < 1.29 is 9.84 Å². The van der Waals surface area contributed by atoms with Crippen LogP contribution in [-0.4, -0.2) is 29.3 Å². The minimum atomic E-state index is 0.394. The fraction of sp³-hybridized carbons (Fsp3) is 0.636. The van der Waals surface area contributed by atoms with Crippen LogP contribution in [0.15, 0.2) is 12.4 Å². The third-order valence-corrected chi connectivity index (χ3v) is 2.29. The molecule has 0 amide bonds. The second kappa shape index (κ2) is 7.17. The van der Waals surface area contributed by atoms with Gasteiger partial charge in [-0.1, -0.05) is 20.8 Å². The minimum Gasteiger partial charge on any atom is -0.494 e. The highest BCUT2D eigenvalue weighted by atomic mass is 16.5. The van der Waals surface area contributed by atoms with E-state index in [0.29, 0.717) is 17.6 Å². The Balaban J connectivity index is 0.000000921. The number of hydrogen-bond acceptors (Lipinski definition) is 4. The van der Waals surface area contributed by atoms with E-state index in [0.717, 1.165) is 12.9 Å². The molecular weight excluding hydrogens is 192 g/mol. The normalized spacial score (nSPS) is 11.7. The summed E-state index contributed by atoms with van der Waals surface area (Å²) in [6, 6.07) is 0. The number of aliphatic hydroxyl groups is 1. The van der Waals surface area contributed by atoms with E-state index in [2.05, 4.69) is 30.7 Å². The summed E-state index contributed by atoms with van der Waals surface area (Å²) in [7, 11) is 2.62. The van der Waals surface area contributed by atoms with Crippen LogP contribution in [0.3, 0.4) is 0 Å². The Kier molecular flexibility index (Phi) is 6.62. The zero-order chi connectivity index (χ0) is 11.8. The van der Waals surface area contributed by atoms with Crippen molar-refractivity contribution in [2.24, 2.45) is 5.92 Å². The van der Waals surface area contributed by atoms with Crippen molar-refractivity contribution in [3.63, 3.8) is 0 Å². The molecule has 4 nitrogen and oxygen atoms in total. The highest BCUT2D eigenvalue weighted by Gasteiger charge is 2.12. The van der Waals surface area contributed by atoms with Crippen LogP contribution in [0, 0.1) is 5.92 Å². The molecule has 1 aromatic rings. The minimum absolute atomic E-state index is 0.394. The van der Waals surface area contributed by atoms with Gasteiger partial charge in [0.15, 0.2) is 5.75 Å². The van der Waals surface area contributed by atoms with Crippen molar-refractivity contribution in [3.8, 4) is 5.75 Å². The molecule has 0 spiro atoms. The monoisotopic (exact) mass is 212 g/mol. The molecule has 1 N–H and O–H groups in total.